The molecule has 3 aromatic rings. The Morgan fingerprint density at radius 1 is 0.880 bits per heavy atom. The van der Waals surface area contributed by atoms with Crippen LogP contribution in [0.1, 0.15) is 21.5 Å². The summed E-state index contributed by atoms with van der Waals surface area (Å²) < 4.78 is 13.6. The average molecular weight is 334 g/mol. The van der Waals surface area contributed by atoms with E-state index in [9.17, 15) is 9.18 Å². The molecule has 0 spiro atoms. The smallest absolute Gasteiger partial charge is 0.258 e. The minimum Gasteiger partial charge on any atom is -0.381 e. The molecule has 126 valence electrons. The Labute approximate surface area is 146 Å². The van der Waals surface area contributed by atoms with Gasteiger partial charge in [0.2, 0.25) is 0 Å². The standard InChI is InChI=1S/C21H19FN2O/c1-15-6-2-3-7-16(15)14-23-17-10-12-18(13-11-17)24-21(25)19-8-4-5-9-20(19)22/h2-13,23H,14H2,1H3,(H,24,25). The molecule has 0 aromatic heterocycles. The van der Waals surface area contributed by atoms with Gasteiger partial charge in [0.05, 0.1) is 5.56 Å². The zero-order chi connectivity index (χ0) is 17.6. The van der Waals surface area contributed by atoms with E-state index in [2.05, 4.69) is 29.7 Å². The molecule has 3 aromatic carbocycles. The van der Waals surface area contributed by atoms with Crippen LogP contribution in [0.3, 0.4) is 0 Å². The first-order valence-corrected chi connectivity index (χ1v) is 8.08. The molecular weight excluding hydrogens is 315 g/mol. The molecule has 3 rings (SSSR count). The normalized spacial score (nSPS) is 10.3. The van der Waals surface area contributed by atoms with Crippen LogP contribution < -0.4 is 10.6 Å². The van der Waals surface area contributed by atoms with Crippen LogP contribution in [0.5, 0.6) is 0 Å². The zero-order valence-electron chi connectivity index (χ0n) is 13.9. The van der Waals surface area contributed by atoms with Crippen LogP contribution in [0.2, 0.25) is 0 Å². The quantitative estimate of drug-likeness (QED) is 0.689. The van der Waals surface area contributed by atoms with Crippen molar-refractivity contribution in [2.75, 3.05) is 10.6 Å². The van der Waals surface area contributed by atoms with Crippen molar-refractivity contribution >= 4 is 17.3 Å². The zero-order valence-corrected chi connectivity index (χ0v) is 13.9. The van der Waals surface area contributed by atoms with E-state index in [1.165, 1.54) is 23.3 Å². The molecule has 0 saturated heterocycles. The molecule has 25 heavy (non-hydrogen) atoms. The third-order valence-corrected chi connectivity index (χ3v) is 4.01. The van der Waals surface area contributed by atoms with Crippen LogP contribution in [0.25, 0.3) is 0 Å². The van der Waals surface area contributed by atoms with Gasteiger partial charge in [0.25, 0.3) is 5.91 Å². The average Bonchev–Trinajstić information content (AvgIpc) is 2.62. The largest absolute Gasteiger partial charge is 0.381 e. The molecule has 0 unspecified atom stereocenters. The summed E-state index contributed by atoms with van der Waals surface area (Å²) in [5.41, 5.74) is 4.08. The molecule has 0 saturated carbocycles. The second kappa shape index (κ2) is 7.62. The lowest BCUT2D eigenvalue weighted by atomic mass is 10.1. The number of carbonyl (C=O) groups excluding carboxylic acids is 1. The Kier molecular flexibility index (Phi) is 5.09. The molecular formula is C21H19FN2O. The molecule has 0 heterocycles. The molecule has 0 aliphatic rings. The summed E-state index contributed by atoms with van der Waals surface area (Å²) in [5, 5.41) is 6.05. The van der Waals surface area contributed by atoms with Gasteiger partial charge in [-0.1, -0.05) is 36.4 Å². The molecule has 1 amide bonds. The lowest BCUT2D eigenvalue weighted by Crippen LogP contribution is -2.13. The van der Waals surface area contributed by atoms with Crippen molar-refractivity contribution in [3.63, 3.8) is 0 Å². The van der Waals surface area contributed by atoms with E-state index in [-0.39, 0.29) is 5.56 Å². The summed E-state index contributed by atoms with van der Waals surface area (Å²) in [5.74, 6) is -0.991. The number of amides is 1. The number of hydrogen-bond donors (Lipinski definition) is 2. The molecule has 3 nitrogen and oxygen atoms in total. The highest BCUT2D eigenvalue weighted by Gasteiger charge is 2.10. The van der Waals surface area contributed by atoms with Gasteiger partial charge < -0.3 is 10.6 Å². The van der Waals surface area contributed by atoms with Gasteiger partial charge in [-0.05, 0) is 54.4 Å². The summed E-state index contributed by atoms with van der Waals surface area (Å²) in [6, 6.07) is 21.5. The Morgan fingerprint density at radius 2 is 1.52 bits per heavy atom. The Morgan fingerprint density at radius 3 is 2.24 bits per heavy atom. The molecule has 0 fully saturated rings. The van der Waals surface area contributed by atoms with Gasteiger partial charge in [-0.2, -0.15) is 0 Å². The Balaban J connectivity index is 1.62. The van der Waals surface area contributed by atoms with Gasteiger partial charge in [-0.25, -0.2) is 4.39 Å². The van der Waals surface area contributed by atoms with Crippen LogP contribution in [0, 0.1) is 12.7 Å². The summed E-state index contributed by atoms with van der Waals surface area (Å²) >= 11 is 0. The number of hydrogen-bond acceptors (Lipinski definition) is 2. The van der Waals surface area contributed by atoms with Crippen LogP contribution in [0.15, 0.2) is 72.8 Å². The molecule has 4 heteroatoms. The summed E-state index contributed by atoms with van der Waals surface area (Å²) in [7, 11) is 0. The fraction of sp³-hybridized carbons (Fsp3) is 0.0952. The summed E-state index contributed by atoms with van der Waals surface area (Å²) in [6.07, 6.45) is 0. The maximum atomic E-state index is 13.6. The van der Waals surface area contributed by atoms with Gasteiger partial charge in [-0.3, -0.25) is 4.79 Å². The number of rotatable bonds is 5. The van der Waals surface area contributed by atoms with E-state index in [1.54, 1.807) is 24.3 Å². The molecule has 0 radical (unpaired) electrons. The van der Waals surface area contributed by atoms with Crippen LogP contribution in [-0.2, 0) is 6.54 Å². The van der Waals surface area contributed by atoms with Crippen molar-refractivity contribution in [1.29, 1.82) is 0 Å². The van der Waals surface area contributed by atoms with Gasteiger partial charge in [-0.15, -0.1) is 0 Å². The topological polar surface area (TPSA) is 41.1 Å². The van der Waals surface area contributed by atoms with E-state index in [0.717, 1.165) is 12.2 Å². The van der Waals surface area contributed by atoms with Crippen molar-refractivity contribution in [2.45, 2.75) is 13.5 Å². The minimum absolute atomic E-state index is 0.0317. The predicted octanol–water partition coefficient (Wildman–Crippen LogP) is 5.00. The Hall–Kier alpha value is -3.14. The predicted molar refractivity (Wildman–Crippen MR) is 99.3 cm³/mol. The first kappa shape index (κ1) is 16.7. The fourth-order valence-electron chi connectivity index (χ4n) is 2.52. The first-order chi connectivity index (χ1) is 12.1. The van der Waals surface area contributed by atoms with Crippen molar-refractivity contribution in [2.24, 2.45) is 0 Å². The fourth-order valence-corrected chi connectivity index (χ4v) is 2.52. The molecule has 0 atom stereocenters. The van der Waals surface area contributed by atoms with Gasteiger partial charge >= 0.3 is 0 Å². The number of carbonyl (C=O) groups is 1. The maximum absolute atomic E-state index is 13.6. The first-order valence-electron chi connectivity index (χ1n) is 8.08. The molecule has 0 aliphatic heterocycles. The second-order valence-corrected chi connectivity index (χ2v) is 5.79. The van der Waals surface area contributed by atoms with Gasteiger partial charge in [0.1, 0.15) is 5.82 Å². The van der Waals surface area contributed by atoms with Gasteiger partial charge in [0.15, 0.2) is 0 Å². The lowest BCUT2D eigenvalue weighted by Gasteiger charge is -2.10. The van der Waals surface area contributed by atoms with Gasteiger partial charge in [0, 0.05) is 17.9 Å². The molecule has 0 bridgehead atoms. The van der Waals surface area contributed by atoms with E-state index < -0.39 is 11.7 Å². The third-order valence-electron chi connectivity index (χ3n) is 4.01. The second-order valence-electron chi connectivity index (χ2n) is 5.79. The molecule has 2 N–H and O–H groups in total. The number of aryl methyl sites for hydroxylation is 1. The van der Waals surface area contributed by atoms with E-state index >= 15 is 0 Å². The van der Waals surface area contributed by atoms with Crippen molar-refractivity contribution in [3.05, 3.63) is 95.3 Å². The van der Waals surface area contributed by atoms with Crippen LogP contribution >= 0.6 is 0 Å². The minimum atomic E-state index is -0.531. The van der Waals surface area contributed by atoms with Crippen molar-refractivity contribution < 1.29 is 9.18 Å². The number of nitrogens with one attached hydrogen (secondary N) is 2. The van der Waals surface area contributed by atoms with Crippen LogP contribution in [0.4, 0.5) is 15.8 Å². The van der Waals surface area contributed by atoms with E-state index in [4.69, 9.17) is 0 Å². The molecule has 0 aliphatic carbocycles. The highest BCUT2D eigenvalue weighted by molar-refractivity contribution is 6.04. The van der Waals surface area contributed by atoms with E-state index in [0.29, 0.717) is 5.69 Å². The SMILES string of the molecule is Cc1ccccc1CNc1ccc(NC(=O)c2ccccc2F)cc1. The van der Waals surface area contributed by atoms with Crippen molar-refractivity contribution in [1.82, 2.24) is 0 Å². The number of benzene rings is 3. The number of halogens is 1. The lowest BCUT2D eigenvalue weighted by molar-refractivity contribution is 0.102. The summed E-state index contributed by atoms with van der Waals surface area (Å²) in [6.45, 7) is 2.81. The monoisotopic (exact) mass is 334 g/mol. The van der Waals surface area contributed by atoms with Crippen molar-refractivity contribution in [3.8, 4) is 0 Å². The Bertz CT molecular complexity index is 875. The summed E-state index contributed by atoms with van der Waals surface area (Å²) in [4.78, 5) is 12.1. The van der Waals surface area contributed by atoms with Crippen LogP contribution in [-0.4, -0.2) is 5.91 Å². The highest BCUT2D eigenvalue weighted by atomic mass is 19.1. The van der Waals surface area contributed by atoms with E-state index in [1.807, 2.05) is 24.3 Å². The highest BCUT2D eigenvalue weighted by Crippen LogP contribution is 2.17. The maximum Gasteiger partial charge on any atom is 0.258 e. The number of anilines is 2. The third kappa shape index (κ3) is 4.23.